The molecule has 1 aliphatic carbocycles. The topological polar surface area (TPSA) is 170 Å². The monoisotopic (exact) mass is 895 g/mol. The minimum absolute atomic E-state index is 0.0453. The highest BCUT2D eigenvalue weighted by atomic mass is 16.7. The number of ether oxygens (including phenoxy) is 5. The molecular formula is C51H78N2O11. The summed E-state index contributed by atoms with van der Waals surface area (Å²) < 4.78 is 30.6. The van der Waals surface area contributed by atoms with E-state index < -0.39 is 65.9 Å². The molecule has 1 amide bonds. The second-order valence-electron chi connectivity index (χ2n) is 19.4. The van der Waals surface area contributed by atoms with Crippen LogP contribution in [0.25, 0.3) is 0 Å². The molecule has 3 heterocycles. The number of allylic oxidation sites excluding steroid dienone is 3. The number of carbonyl (C=O) groups is 4. The third-order valence-electron chi connectivity index (χ3n) is 14.6. The molecule has 13 nitrogen and oxygen atoms in total. The number of benzene rings is 1. The van der Waals surface area contributed by atoms with Gasteiger partial charge in [0.2, 0.25) is 5.79 Å². The number of hydrogen-bond donors (Lipinski definition) is 3. The van der Waals surface area contributed by atoms with E-state index >= 15 is 0 Å². The van der Waals surface area contributed by atoms with Gasteiger partial charge in [-0.3, -0.25) is 14.4 Å². The van der Waals surface area contributed by atoms with Crippen LogP contribution in [0.15, 0.2) is 53.6 Å². The molecule has 13 heteroatoms. The molecule has 0 unspecified atom stereocenters. The van der Waals surface area contributed by atoms with E-state index in [2.05, 4.69) is 24.4 Å². The van der Waals surface area contributed by atoms with Gasteiger partial charge in [-0.1, -0.05) is 75.8 Å². The molecule has 5 rings (SSSR count). The van der Waals surface area contributed by atoms with Crippen LogP contribution < -0.4 is 5.32 Å². The van der Waals surface area contributed by atoms with Crippen LogP contribution in [0.3, 0.4) is 0 Å². The quantitative estimate of drug-likeness (QED) is 0.127. The lowest BCUT2D eigenvalue weighted by atomic mass is 9.81. The molecule has 1 aromatic carbocycles. The third kappa shape index (κ3) is 12.8. The van der Waals surface area contributed by atoms with Gasteiger partial charge in [0.15, 0.2) is 0 Å². The van der Waals surface area contributed by atoms with E-state index in [-0.39, 0.29) is 54.6 Å². The maximum Gasteiger partial charge on any atom is 0.329 e. The standard InChI is InChI=1S/C51H78N2O11/c1-10-37-25-31(2)24-32(3)26-44(61-8)47-45(62-9)28-35(6)51(59,64-47)48(56)49(57)53-23-15-14-18-40(53)50(58)63-46(33(4)19-22-41(37)54)34(5)27-36-20-21-39(43(29-36)60-7)52-30-42(55)38-16-12-11-13-17-38/h11-13,16-17,25,27,32-33,35-37,39-40,42-47,52,55,59H,10,14-15,18-24,26,28-30H2,1-9H3/b31-25+,34-27+/t32-,33+,35+,36-,37+,39-,40-,42+,43+,44-,45-,46-,47+,51+/m0/s1. The number of ketones is 2. The number of cyclic esters (lactones) is 1. The first-order valence-electron chi connectivity index (χ1n) is 23.9. The zero-order valence-corrected chi connectivity index (χ0v) is 40.0. The van der Waals surface area contributed by atoms with Gasteiger partial charge >= 0.3 is 5.97 Å². The number of piperidine rings is 1. The number of methoxy groups -OCH3 is 3. The van der Waals surface area contributed by atoms with Crippen molar-refractivity contribution in [3.8, 4) is 0 Å². The Balaban J connectivity index is 1.43. The number of hydrogen-bond acceptors (Lipinski definition) is 12. The SMILES string of the molecule is CC[C@@H]1/C=C(\C)C[C@H](C)C[C@H](OC)[C@H]2O[C@@](O)(C(=O)C(=O)N3CCCC[C@H]3C(=O)O[C@H](/C(C)=C/[C@@H]3CC[C@H](NC[C@@H](O)c4ccccc4)[C@H](OC)C3)[C@H](C)CCC1=O)[C@H](C)C[C@@H]2OC. The summed E-state index contributed by atoms with van der Waals surface area (Å²) in [5, 5.41) is 26.5. The Morgan fingerprint density at radius 2 is 1.62 bits per heavy atom. The minimum atomic E-state index is -2.47. The van der Waals surface area contributed by atoms with Gasteiger partial charge in [0.1, 0.15) is 24.0 Å². The van der Waals surface area contributed by atoms with E-state index in [9.17, 15) is 29.4 Å². The van der Waals surface area contributed by atoms with Crippen LogP contribution in [0, 0.1) is 29.6 Å². The number of Topliss-reactive ketones (excluding diaryl/α,β-unsaturated/α-hetero) is 2. The van der Waals surface area contributed by atoms with Crippen LogP contribution >= 0.6 is 0 Å². The van der Waals surface area contributed by atoms with Crippen LogP contribution in [0.4, 0.5) is 0 Å². The molecule has 0 radical (unpaired) electrons. The molecular weight excluding hydrogens is 817 g/mol. The van der Waals surface area contributed by atoms with Crippen molar-refractivity contribution in [3.63, 3.8) is 0 Å². The second-order valence-corrected chi connectivity index (χ2v) is 19.4. The fourth-order valence-electron chi connectivity index (χ4n) is 10.7. The van der Waals surface area contributed by atoms with Crippen LogP contribution in [0.2, 0.25) is 0 Å². The number of aliphatic hydroxyl groups excluding tert-OH is 1. The number of rotatable bonds is 10. The number of aliphatic hydroxyl groups is 2. The number of fused-ring (bicyclic) bond motifs is 3. The lowest BCUT2D eigenvalue weighted by molar-refractivity contribution is -0.302. The summed E-state index contributed by atoms with van der Waals surface area (Å²) in [6.45, 7) is 12.3. The van der Waals surface area contributed by atoms with Crippen molar-refractivity contribution in [2.45, 2.75) is 173 Å². The zero-order valence-electron chi connectivity index (χ0n) is 40.0. The summed E-state index contributed by atoms with van der Waals surface area (Å²) in [5.41, 5.74) is 2.78. The zero-order chi connectivity index (χ0) is 46.7. The highest BCUT2D eigenvalue weighted by molar-refractivity contribution is 6.39. The smallest absolute Gasteiger partial charge is 0.329 e. The average Bonchev–Trinajstić information content (AvgIpc) is 3.30. The summed E-state index contributed by atoms with van der Waals surface area (Å²) in [6.07, 6.45) is 7.60. The maximum absolute atomic E-state index is 14.5. The van der Waals surface area contributed by atoms with Crippen LogP contribution in [0.1, 0.15) is 130 Å². The highest BCUT2D eigenvalue weighted by Gasteiger charge is 2.56. The van der Waals surface area contributed by atoms with Crippen molar-refractivity contribution in [1.29, 1.82) is 0 Å². The summed E-state index contributed by atoms with van der Waals surface area (Å²) in [6, 6.07) is 8.57. The second kappa shape index (κ2) is 23.9. The average molecular weight is 895 g/mol. The predicted molar refractivity (Wildman–Crippen MR) is 244 cm³/mol. The van der Waals surface area contributed by atoms with E-state index in [1.54, 1.807) is 28.3 Å². The molecule has 4 aliphatic rings. The van der Waals surface area contributed by atoms with Crippen molar-refractivity contribution in [2.24, 2.45) is 29.6 Å². The molecule has 3 fully saturated rings. The van der Waals surface area contributed by atoms with E-state index in [4.69, 9.17) is 23.7 Å². The normalized spacial score (nSPS) is 37.1. The number of nitrogens with one attached hydrogen (secondary N) is 1. The first kappa shape index (κ1) is 51.7. The molecule has 3 aliphatic heterocycles. The van der Waals surface area contributed by atoms with Gasteiger partial charge in [-0.2, -0.15) is 0 Å². The molecule has 3 N–H and O–H groups in total. The lowest BCUT2D eigenvalue weighted by Gasteiger charge is -2.47. The molecule has 0 spiro atoms. The number of carbonyl (C=O) groups excluding carboxylic acids is 4. The van der Waals surface area contributed by atoms with Crippen molar-refractivity contribution < 1.29 is 53.1 Å². The minimum Gasteiger partial charge on any atom is -0.456 e. The Kier molecular flexibility index (Phi) is 19.3. The fraction of sp³-hybridized carbons (Fsp3) is 0.725. The molecule has 2 bridgehead atoms. The predicted octanol–water partition coefficient (Wildman–Crippen LogP) is 6.83. The Bertz CT molecular complexity index is 1770. The molecule has 64 heavy (non-hydrogen) atoms. The van der Waals surface area contributed by atoms with Crippen molar-refractivity contribution in [1.82, 2.24) is 10.2 Å². The number of amides is 1. The summed E-state index contributed by atoms with van der Waals surface area (Å²) in [4.78, 5) is 58.3. The first-order valence-corrected chi connectivity index (χ1v) is 23.9. The van der Waals surface area contributed by atoms with Gasteiger partial charge < -0.3 is 44.1 Å². The van der Waals surface area contributed by atoms with Crippen molar-refractivity contribution in [2.75, 3.05) is 34.4 Å². The summed E-state index contributed by atoms with van der Waals surface area (Å²) in [7, 11) is 4.82. The van der Waals surface area contributed by atoms with Gasteiger partial charge in [-0.25, -0.2) is 4.79 Å². The molecule has 1 aromatic rings. The lowest BCUT2D eigenvalue weighted by Crippen LogP contribution is -2.64. The van der Waals surface area contributed by atoms with Crippen molar-refractivity contribution in [3.05, 3.63) is 59.2 Å². The molecule has 14 atom stereocenters. The van der Waals surface area contributed by atoms with E-state index in [1.165, 1.54) is 4.90 Å². The largest absolute Gasteiger partial charge is 0.456 e. The van der Waals surface area contributed by atoms with Gasteiger partial charge in [0, 0.05) is 58.7 Å². The number of esters is 1. The highest BCUT2D eigenvalue weighted by Crippen LogP contribution is 2.39. The van der Waals surface area contributed by atoms with Gasteiger partial charge in [0.25, 0.3) is 11.7 Å². The van der Waals surface area contributed by atoms with Gasteiger partial charge in [-0.05, 0) is 113 Å². The molecule has 358 valence electrons. The first-order chi connectivity index (χ1) is 30.5. The maximum atomic E-state index is 14.5. The Morgan fingerprint density at radius 1 is 0.938 bits per heavy atom. The van der Waals surface area contributed by atoms with Crippen LogP contribution in [0.5, 0.6) is 0 Å². The Hall–Kier alpha value is -3.30. The Morgan fingerprint density at radius 3 is 2.30 bits per heavy atom. The fourth-order valence-corrected chi connectivity index (χ4v) is 10.7. The van der Waals surface area contributed by atoms with E-state index in [0.717, 1.165) is 36.0 Å². The van der Waals surface area contributed by atoms with E-state index in [0.29, 0.717) is 57.9 Å². The summed E-state index contributed by atoms with van der Waals surface area (Å²) >= 11 is 0. The Labute approximate surface area is 382 Å². The van der Waals surface area contributed by atoms with E-state index in [1.807, 2.05) is 58.0 Å². The molecule has 2 saturated heterocycles. The van der Waals surface area contributed by atoms with Gasteiger partial charge in [0.05, 0.1) is 24.4 Å². The molecule has 0 aromatic heterocycles. The van der Waals surface area contributed by atoms with Crippen LogP contribution in [-0.2, 0) is 42.9 Å². The van der Waals surface area contributed by atoms with Crippen molar-refractivity contribution >= 4 is 23.4 Å². The van der Waals surface area contributed by atoms with Gasteiger partial charge in [-0.15, -0.1) is 0 Å². The molecule has 1 saturated carbocycles. The van der Waals surface area contributed by atoms with Crippen LogP contribution in [-0.4, -0.2) is 121 Å². The summed E-state index contributed by atoms with van der Waals surface area (Å²) in [5.74, 6) is -6.19. The number of nitrogens with zero attached hydrogens (tertiary/aromatic N) is 1. The third-order valence-corrected chi connectivity index (χ3v) is 14.6.